The van der Waals surface area contributed by atoms with E-state index in [1.54, 1.807) is 26.0 Å². The summed E-state index contributed by atoms with van der Waals surface area (Å²) in [5.74, 6) is -2.92. The standard InChI is InChI=1S/C34H54O8.Na/c1-9-25(31-21(6)18-34(11-3,42-31)26-16-17-33(40,10-2)23(8)41-26)30(37)22(7)28(35)19(4)12-14-24-15-13-20(5)29(36)27(24)32(38)39;/h13,15,19,21-23,25-26,28,31,35-36,40H,9-12,14,16-18H2,1-8H3,(H,38,39);/q;+1/p-1/t19?,21-,22?,23-,25?,26+,28?,31-,33+,34-;/m0./s1. The summed E-state index contributed by atoms with van der Waals surface area (Å²) < 4.78 is 13.2. The van der Waals surface area contributed by atoms with Gasteiger partial charge in [0.2, 0.25) is 0 Å². The maximum absolute atomic E-state index is 13.9. The molecule has 238 valence electrons. The van der Waals surface area contributed by atoms with Crippen molar-refractivity contribution < 1.29 is 69.0 Å². The Balaban J connectivity index is 0.00000645. The first kappa shape index (κ1) is 38.2. The van der Waals surface area contributed by atoms with E-state index in [2.05, 4.69) is 13.8 Å². The van der Waals surface area contributed by atoms with Gasteiger partial charge >= 0.3 is 29.6 Å². The second kappa shape index (κ2) is 15.5. The van der Waals surface area contributed by atoms with Crippen LogP contribution in [0.1, 0.15) is 115 Å². The molecule has 0 amide bonds. The normalized spacial score (nSPS) is 32.0. The van der Waals surface area contributed by atoms with Crippen LogP contribution in [0.3, 0.4) is 0 Å². The number of carbonyl (C=O) groups excluding carboxylic acids is 2. The Morgan fingerprint density at radius 2 is 1.79 bits per heavy atom. The summed E-state index contributed by atoms with van der Waals surface area (Å²) in [6.07, 6.45) is 3.21. The van der Waals surface area contributed by atoms with Crippen LogP contribution in [0.25, 0.3) is 0 Å². The van der Waals surface area contributed by atoms with Crippen molar-refractivity contribution in [2.24, 2.45) is 23.7 Å². The van der Waals surface area contributed by atoms with Crippen LogP contribution in [-0.4, -0.2) is 62.7 Å². The molecule has 3 rings (SSSR count). The number of carboxylic acid groups (broad SMARTS) is 1. The molecule has 3 N–H and O–H groups in total. The summed E-state index contributed by atoms with van der Waals surface area (Å²) in [6, 6.07) is 3.33. The largest absolute Gasteiger partial charge is 1.00 e. The predicted octanol–water partition coefficient (Wildman–Crippen LogP) is 1.51. The fourth-order valence-corrected chi connectivity index (χ4v) is 7.44. The summed E-state index contributed by atoms with van der Waals surface area (Å²) in [7, 11) is 0. The van der Waals surface area contributed by atoms with Gasteiger partial charge in [-0.15, -0.1) is 0 Å². The third-order valence-electron chi connectivity index (χ3n) is 10.6. The Morgan fingerprint density at radius 1 is 1.14 bits per heavy atom. The molecule has 10 atom stereocenters. The first-order valence-electron chi connectivity index (χ1n) is 16.0. The fourth-order valence-electron chi connectivity index (χ4n) is 7.44. The zero-order valence-electron chi connectivity index (χ0n) is 27.8. The van der Waals surface area contributed by atoms with Crippen LogP contribution in [-0.2, 0) is 20.7 Å². The molecule has 2 aliphatic heterocycles. The monoisotopic (exact) mass is 612 g/mol. The van der Waals surface area contributed by atoms with Gasteiger partial charge in [0.15, 0.2) is 0 Å². The van der Waals surface area contributed by atoms with Crippen LogP contribution in [0.15, 0.2) is 12.1 Å². The van der Waals surface area contributed by atoms with Crippen molar-refractivity contribution in [2.45, 2.75) is 142 Å². The van der Waals surface area contributed by atoms with Crippen molar-refractivity contribution in [3.63, 3.8) is 0 Å². The number of ether oxygens (including phenoxy) is 2. The third kappa shape index (κ3) is 7.87. The first-order chi connectivity index (χ1) is 19.7. The quantitative estimate of drug-likeness (QED) is 0.285. The van der Waals surface area contributed by atoms with Gasteiger partial charge in [-0.2, -0.15) is 0 Å². The predicted molar refractivity (Wildman–Crippen MR) is 159 cm³/mol. The molecule has 0 aliphatic carbocycles. The summed E-state index contributed by atoms with van der Waals surface area (Å²) in [5, 5.41) is 44.1. The molecule has 2 saturated heterocycles. The zero-order valence-corrected chi connectivity index (χ0v) is 29.8. The van der Waals surface area contributed by atoms with E-state index in [0.29, 0.717) is 49.7 Å². The maximum atomic E-state index is 13.9. The van der Waals surface area contributed by atoms with E-state index in [-0.39, 0.29) is 82.7 Å². The topological polar surface area (TPSA) is 136 Å². The van der Waals surface area contributed by atoms with Gasteiger partial charge in [0.05, 0.1) is 41.6 Å². The van der Waals surface area contributed by atoms with Gasteiger partial charge in [0, 0.05) is 17.4 Å². The number of carboxylic acids is 1. The number of aryl methyl sites for hydroxylation is 2. The molecule has 1 aromatic carbocycles. The molecular weight excluding hydrogens is 559 g/mol. The van der Waals surface area contributed by atoms with Gasteiger partial charge < -0.3 is 34.7 Å². The van der Waals surface area contributed by atoms with Gasteiger partial charge in [-0.1, -0.05) is 53.7 Å². The van der Waals surface area contributed by atoms with E-state index in [0.717, 1.165) is 12.8 Å². The Hall–Kier alpha value is -1.00. The number of aromatic hydroxyl groups is 1. The van der Waals surface area contributed by atoms with Gasteiger partial charge in [0.25, 0.3) is 0 Å². The number of aromatic carboxylic acids is 1. The molecule has 8 nitrogen and oxygen atoms in total. The zero-order chi connectivity index (χ0) is 31.6. The van der Waals surface area contributed by atoms with Crippen LogP contribution >= 0.6 is 0 Å². The number of hydrogen-bond donors (Lipinski definition) is 3. The molecular formula is C34H53NaO8. The molecule has 4 unspecified atom stereocenters. The van der Waals surface area contributed by atoms with Gasteiger partial charge in [-0.25, -0.2) is 0 Å². The number of aliphatic hydroxyl groups is 2. The molecule has 2 fully saturated rings. The molecule has 0 spiro atoms. The Labute approximate surface area is 280 Å². The Kier molecular flexibility index (Phi) is 13.8. The van der Waals surface area contributed by atoms with Crippen LogP contribution < -0.4 is 34.7 Å². The second-order valence-corrected chi connectivity index (χ2v) is 13.2. The number of benzene rings is 1. The van der Waals surface area contributed by atoms with E-state index >= 15 is 0 Å². The number of rotatable bonds is 13. The molecule has 2 aliphatic rings. The number of Topliss-reactive ketones (excluding diaryl/α,β-unsaturated/α-hetero) is 1. The van der Waals surface area contributed by atoms with E-state index in [1.165, 1.54) is 0 Å². The minimum Gasteiger partial charge on any atom is -0.545 e. The number of hydrogen-bond acceptors (Lipinski definition) is 8. The van der Waals surface area contributed by atoms with Crippen molar-refractivity contribution >= 4 is 11.8 Å². The van der Waals surface area contributed by atoms with Crippen molar-refractivity contribution in [3.8, 4) is 5.75 Å². The van der Waals surface area contributed by atoms with Crippen molar-refractivity contribution in [1.82, 2.24) is 0 Å². The minimum absolute atomic E-state index is 0. The molecule has 9 heteroatoms. The van der Waals surface area contributed by atoms with E-state index < -0.39 is 29.2 Å². The van der Waals surface area contributed by atoms with Crippen molar-refractivity contribution in [1.29, 1.82) is 0 Å². The summed E-state index contributed by atoms with van der Waals surface area (Å²) >= 11 is 0. The first-order valence-corrected chi connectivity index (χ1v) is 16.0. The van der Waals surface area contributed by atoms with Gasteiger partial charge in [-0.3, -0.25) is 4.79 Å². The molecule has 0 aromatic heterocycles. The Morgan fingerprint density at radius 3 is 2.33 bits per heavy atom. The number of carbonyl (C=O) groups is 2. The van der Waals surface area contributed by atoms with Crippen molar-refractivity contribution in [3.05, 3.63) is 28.8 Å². The Bertz CT molecular complexity index is 1110. The van der Waals surface area contributed by atoms with E-state index in [1.807, 2.05) is 27.7 Å². The van der Waals surface area contributed by atoms with Gasteiger partial charge in [0.1, 0.15) is 11.5 Å². The van der Waals surface area contributed by atoms with Crippen LogP contribution in [0.4, 0.5) is 0 Å². The summed E-state index contributed by atoms with van der Waals surface area (Å²) in [6.45, 7) is 15.4. The average molecular weight is 613 g/mol. The van der Waals surface area contributed by atoms with Crippen molar-refractivity contribution in [2.75, 3.05) is 0 Å². The molecule has 0 saturated carbocycles. The SMILES string of the molecule is CCC(C(=O)C(C)C(O)C(C)CCc1ccc(C)c(O)c1C(=O)[O-])[C@H]1O[C@](CC)([C@H]2CC[C@](O)(CC)[C@H](C)O2)C[C@@H]1C.[Na+]. The molecule has 0 radical (unpaired) electrons. The maximum Gasteiger partial charge on any atom is 1.00 e. The number of aliphatic hydroxyl groups excluding tert-OH is 1. The van der Waals surface area contributed by atoms with Crippen LogP contribution in [0.2, 0.25) is 0 Å². The third-order valence-corrected chi connectivity index (χ3v) is 10.6. The second-order valence-electron chi connectivity index (χ2n) is 13.2. The smallest absolute Gasteiger partial charge is 0.545 e. The van der Waals surface area contributed by atoms with Crippen LogP contribution in [0, 0.1) is 30.6 Å². The molecule has 2 heterocycles. The van der Waals surface area contributed by atoms with Gasteiger partial charge in [-0.05, 0) is 88.2 Å². The molecule has 0 bridgehead atoms. The average Bonchev–Trinajstić information content (AvgIpc) is 3.31. The fraction of sp³-hybridized carbons (Fsp3) is 0.765. The summed E-state index contributed by atoms with van der Waals surface area (Å²) in [5.41, 5.74) is -0.659. The summed E-state index contributed by atoms with van der Waals surface area (Å²) in [4.78, 5) is 25.5. The van der Waals surface area contributed by atoms with E-state index in [9.17, 15) is 30.0 Å². The molecule has 43 heavy (non-hydrogen) atoms. The number of phenols is 1. The molecule has 1 aromatic rings. The van der Waals surface area contributed by atoms with Crippen LogP contribution in [0.5, 0.6) is 5.75 Å². The minimum atomic E-state index is -1.43. The number of ketones is 1. The van der Waals surface area contributed by atoms with E-state index in [4.69, 9.17) is 9.47 Å².